The van der Waals surface area contributed by atoms with Gasteiger partial charge in [0.25, 0.3) is 5.91 Å². The molecule has 22 heavy (non-hydrogen) atoms. The Morgan fingerprint density at radius 1 is 1.41 bits per heavy atom. The Balaban J connectivity index is 1.82. The number of amides is 1. The summed E-state index contributed by atoms with van der Waals surface area (Å²) < 4.78 is 24.5. The van der Waals surface area contributed by atoms with Crippen LogP contribution in [-0.2, 0) is 4.74 Å². The smallest absolute Gasteiger partial charge is 0.254 e. The van der Waals surface area contributed by atoms with Crippen molar-refractivity contribution in [3.63, 3.8) is 0 Å². The third-order valence-electron chi connectivity index (χ3n) is 4.45. The first-order valence-corrected chi connectivity index (χ1v) is 7.55. The lowest BCUT2D eigenvalue weighted by Crippen LogP contribution is -2.60. The van der Waals surface area contributed by atoms with Gasteiger partial charge in [0, 0.05) is 25.2 Å². The molecule has 0 aromatic heterocycles. The summed E-state index contributed by atoms with van der Waals surface area (Å²) in [7, 11) is 3.45. The van der Waals surface area contributed by atoms with Gasteiger partial charge < -0.3 is 19.3 Å². The minimum atomic E-state index is -0.515. The van der Waals surface area contributed by atoms with Crippen molar-refractivity contribution in [3.8, 4) is 5.75 Å². The molecule has 2 saturated heterocycles. The molecule has 0 aliphatic carbocycles. The number of benzene rings is 1. The van der Waals surface area contributed by atoms with Gasteiger partial charge >= 0.3 is 0 Å². The molecule has 0 bridgehead atoms. The predicted octanol–water partition coefficient (Wildman–Crippen LogP) is 1.38. The Bertz CT molecular complexity index is 566. The fourth-order valence-electron chi connectivity index (χ4n) is 3.25. The molecule has 6 heteroatoms. The number of carbonyl (C=O) groups excluding carboxylic acids is 1. The van der Waals surface area contributed by atoms with E-state index >= 15 is 0 Å². The molecule has 2 heterocycles. The fraction of sp³-hybridized carbons (Fsp3) is 0.562. The van der Waals surface area contributed by atoms with E-state index in [1.165, 1.54) is 19.2 Å². The van der Waals surface area contributed by atoms with Gasteiger partial charge in [-0.05, 0) is 31.7 Å². The van der Waals surface area contributed by atoms with Crippen molar-refractivity contribution in [2.45, 2.75) is 18.6 Å². The zero-order valence-corrected chi connectivity index (χ0v) is 12.9. The maximum Gasteiger partial charge on any atom is 0.254 e. The SMILES string of the molecule is COc1ccc(C(=O)N2CCO[C@@H]3CCN(C)C[C@H]32)cc1F. The number of ether oxygens (including phenoxy) is 2. The lowest BCUT2D eigenvalue weighted by molar-refractivity contribution is -0.0869. The van der Waals surface area contributed by atoms with Crippen LogP contribution in [-0.4, -0.2) is 68.3 Å². The van der Waals surface area contributed by atoms with Gasteiger partial charge in [0.2, 0.25) is 0 Å². The van der Waals surface area contributed by atoms with Crippen molar-refractivity contribution in [3.05, 3.63) is 29.6 Å². The lowest BCUT2D eigenvalue weighted by Gasteiger charge is -2.46. The Morgan fingerprint density at radius 3 is 2.95 bits per heavy atom. The van der Waals surface area contributed by atoms with E-state index in [2.05, 4.69) is 4.90 Å². The van der Waals surface area contributed by atoms with E-state index in [0.717, 1.165) is 19.5 Å². The van der Waals surface area contributed by atoms with Crippen LogP contribution in [0, 0.1) is 5.82 Å². The average molecular weight is 308 g/mol. The first-order chi connectivity index (χ1) is 10.6. The number of morpholine rings is 1. The number of fused-ring (bicyclic) bond motifs is 1. The van der Waals surface area contributed by atoms with Crippen LogP contribution in [0.4, 0.5) is 4.39 Å². The Kier molecular flexibility index (Phi) is 4.31. The van der Waals surface area contributed by atoms with Gasteiger partial charge in [-0.2, -0.15) is 0 Å². The summed E-state index contributed by atoms with van der Waals surface area (Å²) in [5.74, 6) is -0.511. The number of hydrogen-bond acceptors (Lipinski definition) is 4. The van der Waals surface area contributed by atoms with Crippen LogP contribution in [0.15, 0.2) is 18.2 Å². The summed E-state index contributed by atoms with van der Waals surface area (Å²) in [6.45, 7) is 2.84. The number of nitrogens with zero attached hydrogens (tertiary/aromatic N) is 2. The quantitative estimate of drug-likeness (QED) is 0.828. The molecule has 3 rings (SSSR count). The van der Waals surface area contributed by atoms with E-state index < -0.39 is 5.82 Å². The molecule has 2 aliphatic heterocycles. The number of rotatable bonds is 2. The van der Waals surface area contributed by atoms with E-state index in [4.69, 9.17) is 9.47 Å². The van der Waals surface area contributed by atoms with Crippen LogP contribution in [0.3, 0.4) is 0 Å². The molecular weight excluding hydrogens is 287 g/mol. The molecule has 0 saturated carbocycles. The number of hydrogen-bond donors (Lipinski definition) is 0. The molecule has 2 aliphatic rings. The van der Waals surface area contributed by atoms with Crippen molar-refractivity contribution in [2.24, 2.45) is 0 Å². The minimum Gasteiger partial charge on any atom is -0.494 e. The highest BCUT2D eigenvalue weighted by Gasteiger charge is 2.38. The van der Waals surface area contributed by atoms with Crippen molar-refractivity contribution in [1.82, 2.24) is 9.80 Å². The molecule has 1 amide bonds. The zero-order valence-electron chi connectivity index (χ0n) is 12.9. The monoisotopic (exact) mass is 308 g/mol. The van der Waals surface area contributed by atoms with Gasteiger partial charge in [0.15, 0.2) is 11.6 Å². The number of carbonyl (C=O) groups is 1. The second-order valence-electron chi connectivity index (χ2n) is 5.88. The van der Waals surface area contributed by atoms with E-state index in [0.29, 0.717) is 18.7 Å². The first-order valence-electron chi connectivity index (χ1n) is 7.55. The Hall–Kier alpha value is -1.66. The summed E-state index contributed by atoms with van der Waals surface area (Å²) in [5, 5.41) is 0. The second kappa shape index (κ2) is 6.22. The summed E-state index contributed by atoms with van der Waals surface area (Å²) in [5.41, 5.74) is 0.354. The summed E-state index contributed by atoms with van der Waals surface area (Å²) in [6.07, 6.45) is 0.999. The van der Waals surface area contributed by atoms with E-state index in [1.54, 1.807) is 6.07 Å². The molecule has 0 N–H and O–H groups in total. The van der Waals surface area contributed by atoms with Gasteiger partial charge in [0.05, 0.1) is 25.9 Å². The highest BCUT2D eigenvalue weighted by molar-refractivity contribution is 5.94. The average Bonchev–Trinajstić information content (AvgIpc) is 2.53. The van der Waals surface area contributed by atoms with E-state index in [9.17, 15) is 9.18 Å². The number of methoxy groups -OCH3 is 1. The predicted molar refractivity (Wildman–Crippen MR) is 79.6 cm³/mol. The molecule has 2 fully saturated rings. The van der Waals surface area contributed by atoms with Gasteiger partial charge in [0.1, 0.15) is 0 Å². The largest absolute Gasteiger partial charge is 0.494 e. The standard InChI is InChI=1S/C16H21FN2O3/c1-18-6-5-15-13(10-18)19(7-8-22-15)16(20)11-3-4-14(21-2)12(17)9-11/h3-4,9,13,15H,5-8,10H2,1-2H3/t13-,15-/m1/s1. The first kappa shape index (κ1) is 15.2. The summed E-state index contributed by atoms with van der Waals surface area (Å²) in [4.78, 5) is 16.8. The maximum absolute atomic E-state index is 13.8. The normalized spacial score (nSPS) is 25.7. The Labute approximate surface area is 129 Å². The molecular formula is C16H21FN2O3. The van der Waals surface area contributed by atoms with Gasteiger partial charge in [-0.15, -0.1) is 0 Å². The number of halogens is 1. The Morgan fingerprint density at radius 2 is 2.23 bits per heavy atom. The lowest BCUT2D eigenvalue weighted by atomic mass is 9.98. The molecule has 1 aromatic carbocycles. The minimum absolute atomic E-state index is 0.0326. The maximum atomic E-state index is 13.8. The molecule has 0 radical (unpaired) electrons. The summed E-state index contributed by atoms with van der Waals surface area (Å²) >= 11 is 0. The number of likely N-dealkylation sites (tertiary alicyclic amines) is 1. The van der Waals surface area contributed by atoms with E-state index in [1.807, 2.05) is 11.9 Å². The van der Waals surface area contributed by atoms with Crippen LogP contribution < -0.4 is 4.74 Å². The molecule has 1 aromatic rings. The van der Waals surface area contributed by atoms with Crippen molar-refractivity contribution in [2.75, 3.05) is 40.4 Å². The molecule has 0 unspecified atom stereocenters. The van der Waals surface area contributed by atoms with Crippen LogP contribution >= 0.6 is 0 Å². The number of piperidine rings is 1. The van der Waals surface area contributed by atoms with Crippen LogP contribution in [0.5, 0.6) is 5.75 Å². The fourth-order valence-corrected chi connectivity index (χ4v) is 3.25. The van der Waals surface area contributed by atoms with Gasteiger partial charge in [-0.25, -0.2) is 4.39 Å². The topological polar surface area (TPSA) is 42.0 Å². The van der Waals surface area contributed by atoms with Crippen molar-refractivity contribution >= 4 is 5.91 Å². The van der Waals surface area contributed by atoms with Gasteiger partial charge in [-0.1, -0.05) is 0 Å². The molecule has 5 nitrogen and oxygen atoms in total. The summed E-state index contributed by atoms with van der Waals surface area (Å²) in [6, 6.07) is 4.39. The van der Waals surface area contributed by atoms with Crippen molar-refractivity contribution < 1.29 is 18.7 Å². The third-order valence-corrected chi connectivity index (χ3v) is 4.45. The molecule has 120 valence electrons. The highest BCUT2D eigenvalue weighted by atomic mass is 19.1. The zero-order chi connectivity index (χ0) is 15.7. The second-order valence-corrected chi connectivity index (χ2v) is 5.88. The molecule has 2 atom stereocenters. The van der Waals surface area contributed by atoms with Gasteiger partial charge in [-0.3, -0.25) is 4.79 Å². The highest BCUT2D eigenvalue weighted by Crippen LogP contribution is 2.25. The molecule has 0 spiro atoms. The van der Waals surface area contributed by atoms with Crippen LogP contribution in [0.25, 0.3) is 0 Å². The van der Waals surface area contributed by atoms with E-state index in [-0.39, 0.29) is 23.8 Å². The van der Waals surface area contributed by atoms with Crippen LogP contribution in [0.1, 0.15) is 16.8 Å². The number of likely N-dealkylation sites (N-methyl/N-ethyl adjacent to an activating group) is 1. The van der Waals surface area contributed by atoms with Crippen molar-refractivity contribution in [1.29, 1.82) is 0 Å². The van der Waals surface area contributed by atoms with Crippen LogP contribution in [0.2, 0.25) is 0 Å². The third kappa shape index (κ3) is 2.80.